The van der Waals surface area contributed by atoms with Gasteiger partial charge in [-0.2, -0.15) is 0 Å². The molecule has 1 aliphatic rings. The number of nitrogens with one attached hydrogen (secondary N) is 1. The highest BCUT2D eigenvalue weighted by atomic mass is 16.6. The van der Waals surface area contributed by atoms with Gasteiger partial charge in [0.2, 0.25) is 6.10 Å². The topological polar surface area (TPSA) is 89.2 Å². The number of amides is 1. The van der Waals surface area contributed by atoms with Gasteiger partial charge in [0.15, 0.2) is 5.84 Å². The molecule has 1 aromatic carbocycles. The van der Waals surface area contributed by atoms with Crippen LogP contribution in [0.4, 0.5) is 5.69 Å². The van der Waals surface area contributed by atoms with E-state index in [2.05, 4.69) is 15.4 Å². The molecule has 1 unspecified atom stereocenters. The molecule has 0 aliphatic carbocycles. The molecule has 1 aromatic rings. The second kappa shape index (κ2) is 10.7. The second-order valence-electron chi connectivity index (χ2n) is 6.44. The molecule has 1 heterocycles. The first-order valence-corrected chi connectivity index (χ1v) is 9.33. The lowest BCUT2D eigenvalue weighted by molar-refractivity contribution is -0.126. The van der Waals surface area contributed by atoms with Crippen LogP contribution in [-0.4, -0.2) is 49.0 Å². The number of nitrogens with two attached hydrogens (primary N) is 1. The van der Waals surface area contributed by atoms with Crippen LogP contribution >= 0.6 is 0 Å². The molecule has 7 heteroatoms. The Balaban J connectivity index is 1.84. The molecule has 1 fully saturated rings. The zero-order valence-electron chi connectivity index (χ0n) is 15.7. The molecular weight excluding hydrogens is 332 g/mol. The number of nitrogens with zero attached hydrogens (tertiary/aromatic N) is 2. The van der Waals surface area contributed by atoms with Crippen molar-refractivity contribution in [3.8, 4) is 5.75 Å². The fraction of sp³-hybridized carbons (Fsp3) is 0.579. The van der Waals surface area contributed by atoms with Crippen LogP contribution in [0.3, 0.4) is 0 Å². The highest BCUT2D eigenvalue weighted by molar-refractivity contribution is 5.95. The summed E-state index contributed by atoms with van der Waals surface area (Å²) in [5, 5.41) is 6.73. The smallest absolute Gasteiger partial charge is 0.268 e. The Labute approximate surface area is 155 Å². The average molecular weight is 362 g/mol. The number of hydrogen-bond acceptors (Lipinski definition) is 5. The van der Waals surface area contributed by atoms with Crippen molar-refractivity contribution in [1.29, 1.82) is 0 Å². The van der Waals surface area contributed by atoms with E-state index in [1.54, 1.807) is 13.0 Å². The van der Waals surface area contributed by atoms with Crippen LogP contribution in [0.2, 0.25) is 0 Å². The molecule has 2 rings (SSSR count). The van der Waals surface area contributed by atoms with Gasteiger partial charge in [-0.15, -0.1) is 0 Å². The normalized spacial score (nSPS) is 17.2. The molecular formula is C19H30N4O3. The maximum Gasteiger partial charge on any atom is 0.268 e. The van der Waals surface area contributed by atoms with Gasteiger partial charge in [0, 0.05) is 0 Å². The summed E-state index contributed by atoms with van der Waals surface area (Å²) >= 11 is 0. The lowest BCUT2D eigenvalue weighted by Gasteiger charge is -2.19. The number of likely N-dealkylation sites (tertiary alicyclic amines) is 1. The molecule has 3 N–H and O–H groups in total. The predicted octanol–water partition coefficient (Wildman–Crippen LogP) is 2.58. The molecule has 1 amide bonds. The van der Waals surface area contributed by atoms with Crippen molar-refractivity contribution in [3.63, 3.8) is 0 Å². The van der Waals surface area contributed by atoms with Gasteiger partial charge >= 0.3 is 0 Å². The average Bonchev–Trinajstić information content (AvgIpc) is 2.90. The molecule has 7 nitrogen and oxygen atoms in total. The number of carbonyl (C=O) groups excluding carboxylic acids is 1. The largest absolute Gasteiger partial charge is 0.492 e. The third kappa shape index (κ3) is 6.55. The van der Waals surface area contributed by atoms with Crippen LogP contribution in [0.5, 0.6) is 5.75 Å². The number of benzene rings is 1. The summed E-state index contributed by atoms with van der Waals surface area (Å²) in [6.45, 7) is 6.69. The van der Waals surface area contributed by atoms with E-state index in [-0.39, 0.29) is 5.91 Å². The minimum absolute atomic E-state index is 0.302. The minimum atomic E-state index is -0.757. The van der Waals surface area contributed by atoms with E-state index in [1.165, 1.54) is 25.7 Å². The third-order valence-electron chi connectivity index (χ3n) is 4.23. The fourth-order valence-corrected chi connectivity index (χ4v) is 2.83. The van der Waals surface area contributed by atoms with E-state index in [0.717, 1.165) is 13.1 Å². The number of carbonyl (C=O) groups is 1. The number of oxime groups is 1. The van der Waals surface area contributed by atoms with Crippen LogP contribution in [-0.2, 0) is 9.63 Å². The minimum Gasteiger partial charge on any atom is -0.492 e. The zero-order valence-corrected chi connectivity index (χ0v) is 15.7. The summed E-state index contributed by atoms with van der Waals surface area (Å²) in [6.07, 6.45) is 4.15. The number of amidine groups is 1. The second-order valence-corrected chi connectivity index (χ2v) is 6.44. The van der Waals surface area contributed by atoms with Crippen molar-refractivity contribution < 1.29 is 14.4 Å². The Kier molecular flexibility index (Phi) is 8.21. The van der Waals surface area contributed by atoms with Crippen LogP contribution in [0.25, 0.3) is 0 Å². The van der Waals surface area contributed by atoms with Gasteiger partial charge in [-0.3, -0.25) is 9.69 Å². The predicted molar refractivity (Wildman–Crippen MR) is 103 cm³/mol. The molecule has 1 saturated heterocycles. The summed E-state index contributed by atoms with van der Waals surface area (Å²) in [5.74, 6) is 0.712. The molecule has 1 atom stereocenters. The lowest BCUT2D eigenvalue weighted by atomic mass is 10.2. The van der Waals surface area contributed by atoms with Gasteiger partial charge in [0.05, 0.1) is 18.8 Å². The van der Waals surface area contributed by atoms with E-state index in [1.807, 2.05) is 25.1 Å². The van der Waals surface area contributed by atoms with Crippen molar-refractivity contribution in [2.75, 3.05) is 31.6 Å². The monoisotopic (exact) mass is 362 g/mol. The van der Waals surface area contributed by atoms with Crippen molar-refractivity contribution in [2.24, 2.45) is 10.9 Å². The van der Waals surface area contributed by atoms with E-state index in [0.29, 0.717) is 30.4 Å². The molecule has 0 bridgehead atoms. The molecule has 0 saturated carbocycles. The fourth-order valence-electron chi connectivity index (χ4n) is 2.83. The van der Waals surface area contributed by atoms with Gasteiger partial charge in [0.1, 0.15) is 5.75 Å². The van der Waals surface area contributed by atoms with E-state index >= 15 is 0 Å². The molecule has 26 heavy (non-hydrogen) atoms. The Morgan fingerprint density at radius 2 is 1.96 bits per heavy atom. The standard InChI is InChI=1S/C19H30N4O3/c1-3-25-17-11-7-6-10-16(17)21-19(24)15(2)26-22-18(20)14-23-12-8-4-5-9-13-23/h6-7,10-11,15H,3-5,8-9,12-14H2,1-2H3,(H2,20,22)(H,21,24). The number of para-hydroxylation sites is 2. The van der Waals surface area contributed by atoms with Crippen LogP contribution in [0.1, 0.15) is 39.5 Å². The zero-order chi connectivity index (χ0) is 18.8. The van der Waals surface area contributed by atoms with E-state index in [4.69, 9.17) is 15.3 Å². The van der Waals surface area contributed by atoms with Gasteiger partial charge in [-0.25, -0.2) is 0 Å². The highest BCUT2D eigenvalue weighted by Gasteiger charge is 2.17. The molecule has 0 radical (unpaired) electrons. The first-order valence-electron chi connectivity index (χ1n) is 9.33. The summed E-state index contributed by atoms with van der Waals surface area (Å²) in [6, 6.07) is 7.28. The SMILES string of the molecule is CCOc1ccccc1NC(=O)C(C)ON=C(N)CN1CCCCCC1. The Bertz CT molecular complexity index is 598. The summed E-state index contributed by atoms with van der Waals surface area (Å²) in [5.41, 5.74) is 6.56. The van der Waals surface area contributed by atoms with Gasteiger partial charge in [0.25, 0.3) is 5.91 Å². The van der Waals surface area contributed by atoms with Gasteiger partial charge in [-0.05, 0) is 51.9 Å². The lowest BCUT2D eigenvalue weighted by Crippen LogP contribution is -2.35. The maximum absolute atomic E-state index is 12.3. The quantitative estimate of drug-likeness (QED) is 0.421. The van der Waals surface area contributed by atoms with Gasteiger partial charge < -0.3 is 20.6 Å². The van der Waals surface area contributed by atoms with Crippen molar-refractivity contribution in [1.82, 2.24) is 4.90 Å². The Hall–Kier alpha value is -2.28. The first kappa shape index (κ1) is 20.0. The molecule has 144 valence electrons. The van der Waals surface area contributed by atoms with Crippen molar-refractivity contribution in [3.05, 3.63) is 24.3 Å². The summed E-state index contributed by atoms with van der Waals surface area (Å²) in [4.78, 5) is 19.9. The number of rotatable bonds is 8. The molecule has 0 spiro atoms. The maximum atomic E-state index is 12.3. The molecule has 1 aliphatic heterocycles. The number of anilines is 1. The van der Waals surface area contributed by atoms with Gasteiger partial charge in [-0.1, -0.05) is 30.1 Å². The van der Waals surface area contributed by atoms with E-state index in [9.17, 15) is 4.79 Å². The van der Waals surface area contributed by atoms with Crippen LogP contribution in [0.15, 0.2) is 29.4 Å². The number of ether oxygens (including phenoxy) is 1. The Morgan fingerprint density at radius 3 is 2.65 bits per heavy atom. The number of hydrogen-bond donors (Lipinski definition) is 2. The summed E-state index contributed by atoms with van der Waals surface area (Å²) < 4.78 is 5.50. The van der Waals surface area contributed by atoms with Crippen LogP contribution in [0, 0.1) is 0 Å². The third-order valence-corrected chi connectivity index (χ3v) is 4.23. The first-order chi connectivity index (χ1) is 12.6. The van der Waals surface area contributed by atoms with Crippen molar-refractivity contribution >= 4 is 17.4 Å². The molecule has 0 aromatic heterocycles. The van der Waals surface area contributed by atoms with Crippen LogP contribution < -0.4 is 15.8 Å². The Morgan fingerprint density at radius 1 is 1.27 bits per heavy atom. The summed E-state index contributed by atoms with van der Waals surface area (Å²) in [7, 11) is 0. The van der Waals surface area contributed by atoms with E-state index < -0.39 is 6.10 Å². The van der Waals surface area contributed by atoms with Crippen molar-refractivity contribution in [2.45, 2.75) is 45.6 Å². The highest BCUT2D eigenvalue weighted by Crippen LogP contribution is 2.23.